The molecule has 1 fully saturated rings. The van der Waals surface area contributed by atoms with Gasteiger partial charge in [-0.2, -0.15) is 13.2 Å². The maximum absolute atomic E-state index is 13.4. The molecule has 19 heavy (non-hydrogen) atoms. The molecule has 1 saturated carbocycles. The van der Waals surface area contributed by atoms with E-state index in [2.05, 4.69) is 10.3 Å². The molecule has 1 aromatic carbocycles. The van der Waals surface area contributed by atoms with Crippen LogP contribution in [0.25, 0.3) is 5.69 Å². The van der Waals surface area contributed by atoms with Gasteiger partial charge in [0, 0.05) is 0 Å². The third kappa shape index (κ3) is 1.96. The summed E-state index contributed by atoms with van der Waals surface area (Å²) < 4.78 is 52.2. The van der Waals surface area contributed by atoms with Crippen molar-refractivity contribution >= 4 is 5.69 Å². The number of anilines is 1. The van der Waals surface area contributed by atoms with E-state index in [1.165, 1.54) is 12.1 Å². The lowest BCUT2D eigenvalue weighted by atomic mass is 10.1. The number of H-pyrrole nitrogens is 1. The molecule has 8 heteroatoms. The third-order valence-electron chi connectivity index (χ3n) is 3.13. The number of nitrogens with two attached hydrogens (primary N) is 1. The Labute approximate surface area is 105 Å². The first-order chi connectivity index (χ1) is 8.88. The zero-order valence-electron chi connectivity index (χ0n) is 9.63. The molecule has 0 amide bonds. The maximum Gasteiger partial charge on any atom is 0.453 e. The first-order valence-electron chi connectivity index (χ1n) is 5.67. The summed E-state index contributed by atoms with van der Waals surface area (Å²) in [7, 11) is 0. The largest absolute Gasteiger partial charge is 0.453 e. The second-order valence-corrected chi connectivity index (χ2v) is 4.58. The number of halogens is 4. The summed E-state index contributed by atoms with van der Waals surface area (Å²) in [4.78, 5) is 0. The Bertz CT molecular complexity index is 621. The molecule has 1 aliphatic carbocycles. The number of nitrogens with one attached hydrogen (secondary N) is 1. The molecule has 1 aromatic heterocycles. The highest BCUT2D eigenvalue weighted by Gasteiger charge is 2.40. The normalized spacial score (nSPS) is 16.0. The Morgan fingerprint density at radius 1 is 1.32 bits per heavy atom. The van der Waals surface area contributed by atoms with Crippen LogP contribution in [0, 0.1) is 5.82 Å². The number of aromatic nitrogens is 3. The second kappa shape index (κ2) is 3.75. The van der Waals surface area contributed by atoms with Crippen LogP contribution in [-0.4, -0.2) is 15.0 Å². The van der Waals surface area contributed by atoms with Gasteiger partial charge in [-0.25, -0.2) is 14.3 Å². The minimum atomic E-state index is -4.56. The fraction of sp³-hybridized carbons (Fsp3) is 0.364. The van der Waals surface area contributed by atoms with Gasteiger partial charge in [-0.15, -0.1) is 5.10 Å². The van der Waals surface area contributed by atoms with Gasteiger partial charge in [0.1, 0.15) is 5.82 Å². The molecule has 3 rings (SSSR count). The lowest BCUT2D eigenvalue weighted by Gasteiger charge is -2.20. The number of benzene rings is 1. The number of rotatable bonds is 2. The van der Waals surface area contributed by atoms with E-state index in [1.807, 2.05) is 0 Å². The van der Waals surface area contributed by atoms with Gasteiger partial charge in [-0.1, -0.05) is 0 Å². The fourth-order valence-corrected chi connectivity index (χ4v) is 2.02. The van der Waals surface area contributed by atoms with Crippen LogP contribution in [0.15, 0.2) is 12.1 Å². The van der Waals surface area contributed by atoms with Gasteiger partial charge in [-0.05, 0) is 36.5 Å². The molecule has 102 valence electrons. The number of aromatic amines is 1. The number of alkyl halides is 3. The van der Waals surface area contributed by atoms with Gasteiger partial charge >= 0.3 is 6.18 Å². The molecule has 3 N–H and O–H groups in total. The van der Waals surface area contributed by atoms with E-state index in [0.717, 1.165) is 17.5 Å². The molecule has 1 aliphatic rings. The number of hydrogen-bond donors (Lipinski definition) is 2. The van der Waals surface area contributed by atoms with Crippen molar-refractivity contribution in [3.63, 3.8) is 0 Å². The lowest BCUT2D eigenvalue weighted by molar-refractivity contribution is -0.152. The van der Waals surface area contributed by atoms with Crippen molar-refractivity contribution in [2.75, 3.05) is 5.73 Å². The van der Waals surface area contributed by atoms with Crippen molar-refractivity contribution in [2.45, 2.75) is 24.9 Å². The van der Waals surface area contributed by atoms with E-state index >= 15 is 0 Å². The predicted octanol–water partition coefficient (Wildman–Crippen LogP) is 2.82. The third-order valence-corrected chi connectivity index (χ3v) is 3.13. The van der Waals surface area contributed by atoms with E-state index in [4.69, 9.17) is 5.73 Å². The van der Waals surface area contributed by atoms with Gasteiger partial charge in [0.2, 0.25) is 0 Å². The maximum atomic E-state index is 13.4. The van der Waals surface area contributed by atoms with Crippen LogP contribution in [0.5, 0.6) is 0 Å². The number of nitrogen functional groups attached to an aromatic ring is 1. The summed E-state index contributed by atoms with van der Waals surface area (Å²) in [6, 6.07) is 2.41. The zero-order chi connectivity index (χ0) is 13.8. The Kier molecular flexibility index (Phi) is 2.38. The predicted molar refractivity (Wildman–Crippen MR) is 59.3 cm³/mol. The number of nitrogens with zero attached hydrogens (tertiary/aromatic N) is 2. The summed E-state index contributed by atoms with van der Waals surface area (Å²) in [6.45, 7) is 0. The minimum absolute atomic E-state index is 0.0852. The van der Waals surface area contributed by atoms with Crippen LogP contribution in [0.2, 0.25) is 0 Å². The lowest BCUT2D eigenvalue weighted by Crippen LogP contribution is -2.27. The monoisotopic (exact) mass is 274 g/mol. The molecule has 0 radical (unpaired) electrons. The smallest absolute Gasteiger partial charge is 0.396 e. The minimum Gasteiger partial charge on any atom is -0.396 e. The molecule has 0 aliphatic heterocycles. The van der Waals surface area contributed by atoms with Crippen LogP contribution >= 0.6 is 0 Å². The van der Waals surface area contributed by atoms with Gasteiger partial charge in [0.15, 0.2) is 0 Å². The summed E-state index contributed by atoms with van der Waals surface area (Å²) in [6.07, 6.45) is -2.89. The first-order valence-corrected chi connectivity index (χ1v) is 5.67. The molecule has 0 unspecified atom stereocenters. The molecule has 2 aromatic rings. The van der Waals surface area contributed by atoms with Crippen LogP contribution in [0.1, 0.15) is 30.1 Å². The van der Waals surface area contributed by atoms with E-state index < -0.39 is 17.8 Å². The second-order valence-electron chi connectivity index (χ2n) is 4.58. The summed E-state index contributed by atoms with van der Waals surface area (Å²) in [5.74, 6) is -1.58. The Morgan fingerprint density at radius 2 is 2.00 bits per heavy atom. The summed E-state index contributed by atoms with van der Waals surface area (Å²) in [5, 5.41) is 5.32. The molecular formula is C11H10F4N4. The van der Waals surface area contributed by atoms with Gasteiger partial charge in [-0.3, -0.25) is 0 Å². The van der Waals surface area contributed by atoms with Gasteiger partial charge in [0.05, 0.1) is 11.4 Å². The highest BCUT2D eigenvalue weighted by Crippen LogP contribution is 2.44. The van der Waals surface area contributed by atoms with Crippen LogP contribution in [0.3, 0.4) is 0 Å². The standard InChI is InChI=1S/C11H10F4N4/c12-7-3-6(5-1-2-5)9(4-8(7)16)19-10(17-18-19)11(13,14)15/h3-5,18H,1-2,16H2. The molecule has 0 saturated heterocycles. The Balaban J connectivity index is 2.12. The average molecular weight is 274 g/mol. The van der Waals surface area contributed by atoms with Crippen LogP contribution in [0.4, 0.5) is 23.2 Å². The highest BCUT2D eigenvalue weighted by atomic mass is 19.4. The van der Waals surface area contributed by atoms with E-state index in [-0.39, 0.29) is 17.3 Å². The zero-order valence-corrected chi connectivity index (χ0v) is 9.63. The molecular weight excluding hydrogens is 264 g/mol. The first kappa shape index (κ1) is 12.1. The van der Waals surface area contributed by atoms with Crippen molar-refractivity contribution in [3.8, 4) is 5.69 Å². The Morgan fingerprint density at radius 3 is 2.47 bits per heavy atom. The van der Waals surface area contributed by atoms with E-state index in [0.29, 0.717) is 5.56 Å². The quantitative estimate of drug-likeness (QED) is 0.653. The Hall–Kier alpha value is -1.99. The van der Waals surface area contributed by atoms with E-state index in [9.17, 15) is 17.6 Å². The molecule has 0 bridgehead atoms. The van der Waals surface area contributed by atoms with Crippen molar-refractivity contribution in [1.82, 2.24) is 15.0 Å². The van der Waals surface area contributed by atoms with Crippen molar-refractivity contribution in [2.24, 2.45) is 0 Å². The van der Waals surface area contributed by atoms with Gasteiger partial charge in [0.25, 0.3) is 5.82 Å². The van der Waals surface area contributed by atoms with Crippen molar-refractivity contribution < 1.29 is 17.6 Å². The van der Waals surface area contributed by atoms with E-state index in [1.54, 1.807) is 0 Å². The molecule has 4 nitrogen and oxygen atoms in total. The van der Waals surface area contributed by atoms with Crippen LogP contribution < -0.4 is 5.73 Å². The summed E-state index contributed by atoms with van der Waals surface area (Å²) in [5.41, 5.74) is 5.98. The summed E-state index contributed by atoms with van der Waals surface area (Å²) >= 11 is 0. The molecule has 0 spiro atoms. The molecule has 1 heterocycles. The highest BCUT2D eigenvalue weighted by molar-refractivity contribution is 5.55. The van der Waals surface area contributed by atoms with Crippen molar-refractivity contribution in [3.05, 3.63) is 29.3 Å². The van der Waals surface area contributed by atoms with Crippen molar-refractivity contribution in [1.29, 1.82) is 0 Å². The SMILES string of the molecule is Nc1cc(-n2[nH]nc2C(F)(F)F)c(C2CC2)cc1F. The average Bonchev–Trinajstić information content (AvgIpc) is 3.02. The topological polar surface area (TPSA) is 59.6 Å². The fourth-order valence-electron chi connectivity index (χ4n) is 2.02. The number of hydrogen-bond acceptors (Lipinski definition) is 2. The van der Waals surface area contributed by atoms with Crippen LogP contribution in [-0.2, 0) is 6.18 Å². The van der Waals surface area contributed by atoms with Gasteiger partial charge < -0.3 is 5.73 Å². The molecule has 0 atom stereocenters.